The van der Waals surface area contributed by atoms with E-state index < -0.39 is 0 Å². The summed E-state index contributed by atoms with van der Waals surface area (Å²) in [4.78, 5) is 0. The lowest BCUT2D eigenvalue weighted by atomic mass is 10.2. The Hall–Kier alpha value is -2.05. The quantitative estimate of drug-likeness (QED) is 0.563. The lowest BCUT2D eigenvalue weighted by molar-refractivity contribution is 0.415. The third-order valence-electron chi connectivity index (χ3n) is 3.77. The van der Waals surface area contributed by atoms with Crippen LogP contribution in [0.5, 0.6) is 5.75 Å². The van der Waals surface area contributed by atoms with E-state index in [0.717, 1.165) is 22.3 Å². The van der Waals surface area contributed by atoms with Crippen LogP contribution in [0.15, 0.2) is 47.6 Å². The molecule has 0 atom stereocenters. The first-order chi connectivity index (χ1) is 12.1. The minimum atomic E-state index is -0.310. The molecule has 130 valence electrons. The van der Waals surface area contributed by atoms with E-state index in [0.29, 0.717) is 22.9 Å². The normalized spacial score (nSPS) is 10.9. The number of aromatic nitrogens is 3. The van der Waals surface area contributed by atoms with E-state index in [1.165, 1.54) is 17.8 Å². The highest BCUT2D eigenvalue weighted by molar-refractivity contribution is 7.98. The number of rotatable bonds is 6. The van der Waals surface area contributed by atoms with E-state index in [2.05, 4.69) is 10.2 Å². The van der Waals surface area contributed by atoms with Crippen molar-refractivity contribution >= 4 is 23.4 Å². The molecule has 0 amide bonds. The molecular weight excluding hydrogens is 361 g/mol. The molecule has 0 aliphatic carbocycles. The summed E-state index contributed by atoms with van der Waals surface area (Å²) in [6, 6.07) is 12.4. The molecule has 3 rings (SSSR count). The molecule has 0 unspecified atom stereocenters. The summed E-state index contributed by atoms with van der Waals surface area (Å²) in [7, 11) is 1.63. The second-order valence-electron chi connectivity index (χ2n) is 5.27. The summed E-state index contributed by atoms with van der Waals surface area (Å²) in [6.45, 7) is 2.72. The molecule has 0 fully saturated rings. The Morgan fingerprint density at radius 3 is 2.72 bits per heavy atom. The summed E-state index contributed by atoms with van der Waals surface area (Å²) in [5, 5.41) is 9.70. The SMILES string of the molecule is CCn1c(SCc2c(F)cccc2Cl)nnc1-c1cccc(OC)c1. The van der Waals surface area contributed by atoms with Crippen molar-refractivity contribution < 1.29 is 9.13 Å². The van der Waals surface area contributed by atoms with Crippen LogP contribution in [-0.2, 0) is 12.3 Å². The summed E-state index contributed by atoms with van der Waals surface area (Å²) < 4.78 is 21.2. The molecule has 0 aliphatic rings. The van der Waals surface area contributed by atoms with Gasteiger partial charge in [-0.3, -0.25) is 0 Å². The van der Waals surface area contributed by atoms with Crippen molar-refractivity contribution in [1.29, 1.82) is 0 Å². The zero-order valence-corrected chi connectivity index (χ0v) is 15.4. The topological polar surface area (TPSA) is 39.9 Å². The van der Waals surface area contributed by atoms with E-state index >= 15 is 0 Å². The molecule has 3 aromatic rings. The van der Waals surface area contributed by atoms with Crippen LogP contribution in [0.25, 0.3) is 11.4 Å². The van der Waals surface area contributed by atoms with Crippen LogP contribution in [0.4, 0.5) is 4.39 Å². The molecule has 25 heavy (non-hydrogen) atoms. The fourth-order valence-corrected chi connectivity index (χ4v) is 3.81. The largest absolute Gasteiger partial charge is 0.497 e. The maximum absolute atomic E-state index is 13.9. The van der Waals surface area contributed by atoms with Crippen molar-refractivity contribution in [3.63, 3.8) is 0 Å². The van der Waals surface area contributed by atoms with Crippen molar-refractivity contribution in [1.82, 2.24) is 14.8 Å². The molecule has 0 spiro atoms. The van der Waals surface area contributed by atoms with Crippen LogP contribution < -0.4 is 4.74 Å². The zero-order valence-electron chi connectivity index (χ0n) is 13.9. The van der Waals surface area contributed by atoms with Crippen molar-refractivity contribution in [3.8, 4) is 17.1 Å². The van der Waals surface area contributed by atoms with E-state index in [9.17, 15) is 4.39 Å². The van der Waals surface area contributed by atoms with Crippen LogP contribution in [0, 0.1) is 5.82 Å². The van der Waals surface area contributed by atoms with Gasteiger partial charge in [0.25, 0.3) is 0 Å². The highest BCUT2D eigenvalue weighted by Crippen LogP contribution is 2.30. The Balaban J connectivity index is 1.87. The minimum absolute atomic E-state index is 0.310. The molecule has 0 saturated heterocycles. The number of ether oxygens (including phenoxy) is 1. The average Bonchev–Trinajstić information content (AvgIpc) is 3.04. The van der Waals surface area contributed by atoms with Crippen molar-refractivity contribution in [2.45, 2.75) is 24.4 Å². The first-order valence-corrected chi connectivity index (χ1v) is 9.13. The predicted octanol–water partition coefficient (Wildman–Crippen LogP) is 5.06. The van der Waals surface area contributed by atoms with Gasteiger partial charge in [0.1, 0.15) is 11.6 Å². The number of hydrogen-bond acceptors (Lipinski definition) is 4. The molecule has 0 aliphatic heterocycles. The highest BCUT2D eigenvalue weighted by Gasteiger charge is 2.15. The molecule has 0 bridgehead atoms. The van der Waals surface area contributed by atoms with Gasteiger partial charge in [0.15, 0.2) is 11.0 Å². The lowest BCUT2D eigenvalue weighted by Crippen LogP contribution is -2.00. The number of nitrogens with zero attached hydrogens (tertiary/aromatic N) is 3. The molecule has 0 saturated carbocycles. The maximum Gasteiger partial charge on any atom is 0.191 e. The van der Waals surface area contributed by atoms with Gasteiger partial charge < -0.3 is 9.30 Å². The summed E-state index contributed by atoms with van der Waals surface area (Å²) >= 11 is 7.51. The van der Waals surface area contributed by atoms with Gasteiger partial charge in [-0.1, -0.05) is 41.6 Å². The van der Waals surface area contributed by atoms with Crippen molar-refractivity contribution in [2.75, 3.05) is 7.11 Å². The zero-order chi connectivity index (χ0) is 17.8. The minimum Gasteiger partial charge on any atom is -0.497 e. The van der Waals surface area contributed by atoms with Gasteiger partial charge in [-0.15, -0.1) is 10.2 Å². The van der Waals surface area contributed by atoms with Gasteiger partial charge in [0, 0.05) is 28.4 Å². The molecule has 0 N–H and O–H groups in total. The predicted molar refractivity (Wildman–Crippen MR) is 98.7 cm³/mol. The third kappa shape index (κ3) is 3.80. The number of thioether (sulfide) groups is 1. The number of hydrogen-bond donors (Lipinski definition) is 0. The molecule has 1 heterocycles. The number of benzene rings is 2. The number of methoxy groups -OCH3 is 1. The standard InChI is InChI=1S/C18H17ClFN3OS/c1-3-23-17(12-6-4-7-13(10-12)24-2)21-22-18(23)25-11-14-15(19)8-5-9-16(14)20/h4-10H,3,11H2,1-2H3. The van der Waals surface area contributed by atoms with E-state index in [4.69, 9.17) is 16.3 Å². The van der Waals surface area contributed by atoms with Crippen molar-refractivity contribution in [2.24, 2.45) is 0 Å². The summed E-state index contributed by atoms with van der Waals surface area (Å²) in [5.74, 6) is 1.59. The fourth-order valence-electron chi connectivity index (χ4n) is 2.46. The van der Waals surface area contributed by atoms with Crippen LogP contribution in [-0.4, -0.2) is 21.9 Å². The smallest absolute Gasteiger partial charge is 0.191 e. The Bertz CT molecular complexity index is 864. The van der Waals surface area contributed by atoms with Crippen molar-refractivity contribution in [3.05, 3.63) is 58.9 Å². The fraction of sp³-hybridized carbons (Fsp3) is 0.222. The second kappa shape index (κ2) is 7.89. The molecule has 0 radical (unpaired) electrons. The van der Waals surface area contributed by atoms with Gasteiger partial charge in [0.05, 0.1) is 7.11 Å². The second-order valence-corrected chi connectivity index (χ2v) is 6.62. The summed E-state index contributed by atoms with van der Waals surface area (Å²) in [5.41, 5.74) is 1.40. The van der Waals surface area contributed by atoms with Gasteiger partial charge in [-0.05, 0) is 31.2 Å². The van der Waals surface area contributed by atoms with Gasteiger partial charge in [0.2, 0.25) is 0 Å². The molecule has 2 aromatic carbocycles. The Morgan fingerprint density at radius 1 is 1.20 bits per heavy atom. The monoisotopic (exact) mass is 377 g/mol. The van der Waals surface area contributed by atoms with Crippen LogP contribution in [0.2, 0.25) is 5.02 Å². The van der Waals surface area contributed by atoms with E-state index in [1.54, 1.807) is 19.2 Å². The molecule has 1 aromatic heterocycles. The van der Waals surface area contributed by atoms with E-state index in [-0.39, 0.29) is 5.82 Å². The van der Waals surface area contributed by atoms with Gasteiger partial charge >= 0.3 is 0 Å². The summed E-state index contributed by atoms with van der Waals surface area (Å²) in [6.07, 6.45) is 0. The van der Waals surface area contributed by atoms with Crippen LogP contribution in [0.3, 0.4) is 0 Å². The van der Waals surface area contributed by atoms with E-state index in [1.807, 2.05) is 35.8 Å². The Kier molecular flexibility index (Phi) is 5.60. The van der Waals surface area contributed by atoms with Gasteiger partial charge in [-0.25, -0.2) is 4.39 Å². The van der Waals surface area contributed by atoms with Crippen LogP contribution in [0.1, 0.15) is 12.5 Å². The number of halogens is 2. The Labute approximate surface area is 155 Å². The molecule has 7 heteroatoms. The first kappa shape index (κ1) is 17.8. The highest BCUT2D eigenvalue weighted by atomic mass is 35.5. The van der Waals surface area contributed by atoms with Crippen LogP contribution >= 0.6 is 23.4 Å². The van der Waals surface area contributed by atoms with Gasteiger partial charge in [-0.2, -0.15) is 0 Å². The average molecular weight is 378 g/mol. The molecular formula is C18H17ClFN3OS. The first-order valence-electron chi connectivity index (χ1n) is 7.77. The third-order valence-corrected chi connectivity index (χ3v) is 5.12. The Morgan fingerprint density at radius 2 is 2.00 bits per heavy atom. The lowest BCUT2D eigenvalue weighted by Gasteiger charge is -2.09. The molecule has 4 nitrogen and oxygen atoms in total. The maximum atomic E-state index is 13.9.